The second-order valence-corrected chi connectivity index (χ2v) is 8.42. The third kappa shape index (κ3) is 4.65. The summed E-state index contributed by atoms with van der Waals surface area (Å²) in [5.41, 5.74) is 3.88. The van der Waals surface area contributed by atoms with Crippen LogP contribution in [0.1, 0.15) is 10.4 Å². The number of anilines is 1. The molecule has 35 heavy (non-hydrogen) atoms. The van der Waals surface area contributed by atoms with Gasteiger partial charge in [0.2, 0.25) is 0 Å². The number of halogens is 1. The molecule has 4 nitrogen and oxygen atoms in total. The molecule has 1 amide bonds. The fraction of sp³-hybridized carbons (Fsp3) is 0. The van der Waals surface area contributed by atoms with Gasteiger partial charge in [-0.3, -0.25) is 9.59 Å². The number of aromatic nitrogens is 1. The van der Waals surface area contributed by atoms with Gasteiger partial charge >= 0.3 is 0 Å². The largest absolute Gasteiger partial charge is 0.322 e. The standard InChI is InChI=1S/C30H21ClN2O2/c31-23-16-18-25(19-17-23)33-26(21-10-4-1-5-11-21)20-27(34)28(29(33)22-12-6-2-7-13-22)30(35)32-24-14-8-3-9-15-24/h1-20H,(H,32,35). The number of para-hydroxylation sites is 1. The van der Waals surface area contributed by atoms with Gasteiger partial charge in [0.15, 0.2) is 5.43 Å². The van der Waals surface area contributed by atoms with Crippen LogP contribution in [-0.4, -0.2) is 10.5 Å². The Labute approximate surface area is 208 Å². The fourth-order valence-corrected chi connectivity index (χ4v) is 4.22. The Morgan fingerprint density at radius 3 is 1.83 bits per heavy atom. The summed E-state index contributed by atoms with van der Waals surface area (Å²) in [4.78, 5) is 27.2. The predicted octanol–water partition coefficient (Wildman–Crippen LogP) is 7.08. The average Bonchev–Trinajstić information content (AvgIpc) is 2.90. The van der Waals surface area contributed by atoms with Gasteiger partial charge < -0.3 is 9.88 Å². The molecule has 170 valence electrons. The SMILES string of the molecule is O=C(Nc1ccccc1)c1c(-c2ccccc2)n(-c2ccc(Cl)cc2)c(-c2ccccc2)cc1=O. The summed E-state index contributed by atoms with van der Waals surface area (Å²) in [6.45, 7) is 0. The number of benzene rings is 4. The zero-order chi connectivity index (χ0) is 24.2. The van der Waals surface area contributed by atoms with Crippen molar-refractivity contribution in [2.24, 2.45) is 0 Å². The Hall–Kier alpha value is -4.41. The van der Waals surface area contributed by atoms with Crippen molar-refractivity contribution in [3.63, 3.8) is 0 Å². The first-order valence-electron chi connectivity index (χ1n) is 11.1. The predicted molar refractivity (Wildman–Crippen MR) is 142 cm³/mol. The van der Waals surface area contributed by atoms with Gasteiger partial charge in [-0.1, -0.05) is 90.5 Å². The number of nitrogens with one attached hydrogen (secondary N) is 1. The van der Waals surface area contributed by atoms with Gasteiger partial charge in [0, 0.05) is 22.5 Å². The Morgan fingerprint density at radius 2 is 1.23 bits per heavy atom. The summed E-state index contributed by atoms with van der Waals surface area (Å²) < 4.78 is 1.95. The molecule has 0 bridgehead atoms. The van der Waals surface area contributed by atoms with E-state index in [1.165, 1.54) is 6.07 Å². The van der Waals surface area contributed by atoms with Gasteiger partial charge in [-0.2, -0.15) is 0 Å². The van der Waals surface area contributed by atoms with Crippen molar-refractivity contribution in [3.05, 3.63) is 142 Å². The van der Waals surface area contributed by atoms with Crippen molar-refractivity contribution in [1.82, 2.24) is 4.57 Å². The Morgan fingerprint density at radius 1 is 0.686 bits per heavy atom. The average molecular weight is 477 g/mol. The lowest BCUT2D eigenvalue weighted by Gasteiger charge is -2.22. The van der Waals surface area contributed by atoms with Gasteiger partial charge in [0.25, 0.3) is 5.91 Å². The monoisotopic (exact) mass is 476 g/mol. The highest BCUT2D eigenvalue weighted by molar-refractivity contribution is 6.30. The highest BCUT2D eigenvalue weighted by atomic mass is 35.5. The van der Waals surface area contributed by atoms with Crippen LogP contribution in [0.3, 0.4) is 0 Å². The molecule has 5 heteroatoms. The first-order valence-corrected chi connectivity index (χ1v) is 11.5. The van der Waals surface area contributed by atoms with E-state index in [2.05, 4.69) is 5.32 Å². The summed E-state index contributed by atoms with van der Waals surface area (Å²) in [6, 6.07) is 37.1. The number of hydrogen-bond donors (Lipinski definition) is 1. The van der Waals surface area contributed by atoms with Gasteiger partial charge in [-0.15, -0.1) is 0 Å². The molecule has 0 aliphatic rings. The minimum absolute atomic E-state index is 0.0645. The highest BCUT2D eigenvalue weighted by Crippen LogP contribution is 2.32. The second-order valence-electron chi connectivity index (χ2n) is 7.98. The van der Waals surface area contributed by atoms with Gasteiger partial charge in [0.1, 0.15) is 5.56 Å². The molecule has 1 aromatic heterocycles. The van der Waals surface area contributed by atoms with Crippen LogP contribution in [0.2, 0.25) is 5.02 Å². The second kappa shape index (κ2) is 9.84. The lowest BCUT2D eigenvalue weighted by Crippen LogP contribution is -2.26. The van der Waals surface area contributed by atoms with Crippen molar-refractivity contribution in [3.8, 4) is 28.2 Å². The summed E-state index contributed by atoms with van der Waals surface area (Å²) in [6.07, 6.45) is 0. The van der Waals surface area contributed by atoms with Crippen LogP contribution in [0.4, 0.5) is 5.69 Å². The first-order chi connectivity index (χ1) is 17.1. The Bertz CT molecular complexity index is 1530. The van der Waals surface area contributed by atoms with E-state index >= 15 is 0 Å². The smallest absolute Gasteiger partial charge is 0.261 e. The molecule has 0 unspecified atom stereocenters. The van der Waals surface area contributed by atoms with Crippen LogP contribution < -0.4 is 10.7 Å². The zero-order valence-electron chi connectivity index (χ0n) is 18.7. The quantitative estimate of drug-likeness (QED) is 0.294. The van der Waals surface area contributed by atoms with E-state index in [4.69, 9.17) is 11.6 Å². The maximum absolute atomic E-state index is 13.6. The third-order valence-electron chi connectivity index (χ3n) is 5.68. The molecule has 0 saturated heterocycles. The van der Waals surface area contributed by atoms with Gasteiger partial charge in [-0.25, -0.2) is 0 Å². The molecule has 0 aliphatic heterocycles. The first kappa shape index (κ1) is 22.4. The van der Waals surface area contributed by atoms with Gasteiger partial charge in [-0.05, 0) is 47.5 Å². The van der Waals surface area contributed by atoms with Gasteiger partial charge in [0.05, 0.1) is 11.4 Å². The lowest BCUT2D eigenvalue weighted by molar-refractivity contribution is 0.102. The molecule has 1 N–H and O–H groups in total. The summed E-state index contributed by atoms with van der Waals surface area (Å²) >= 11 is 6.19. The van der Waals surface area contributed by atoms with E-state index in [0.717, 1.165) is 16.8 Å². The molecule has 5 rings (SSSR count). The molecular formula is C30H21ClN2O2. The maximum Gasteiger partial charge on any atom is 0.261 e. The van der Waals surface area contributed by atoms with Crippen LogP contribution in [0, 0.1) is 0 Å². The summed E-state index contributed by atoms with van der Waals surface area (Å²) in [5.74, 6) is -0.470. The molecule has 0 spiro atoms. The van der Waals surface area contributed by atoms with Crippen LogP contribution in [-0.2, 0) is 0 Å². The Balaban J connectivity index is 1.84. The van der Waals surface area contributed by atoms with Crippen LogP contribution >= 0.6 is 11.6 Å². The molecule has 5 aromatic rings. The molecule has 1 heterocycles. The number of nitrogens with zero attached hydrogens (tertiary/aromatic N) is 1. The van der Waals surface area contributed by atoms with Crippen LogP contribution in [0.5, 0.6) is 0 Å². The molecule has 0 aliphatic carbocycles. The van der Waals surface area contributed by atoms with Crippen LogP contribution in [0.25, 0.3) is 28.2 Å². The van der Waals surface area contributed by atoms with Crippen molar-refractivity contribution in [2.75, 3.05) is 5.32 Å². The van der Waals surface area contributed by atoms with Crippen molar-refractivity contribution in [2.45, 2.75) is 0 Å². The highest BCUT2D eigenvalue weighted by Gasteiger charge is 2.24. The molecule has 0 fully saturated rings. The third-order valence-corrected chi connectivity index (χ3v) is 5.93. The lowest BCUT2D eigenvalue weighted by atomic mass is 10.00. The number of carbonyl (C=O) groups is 1. The summed E-state index contributed by atoms with van der Waals surface area (Å²) in [7, 11) is 0. The van der Waals surface area contributed by atoms with Crippen molar-refractivity contribution >= 4 is 23.2 Å². The van der Waals surface area contributed by atoms with E-state index in [-0.39, 0.29) is 11.0 Å². The summed E-state index contributed by atoms with van der Waals surface area (Å²) in [5, 5.41) is 3.48. The van der Waals surface area contributed by atoms with E-state index in [0.29, 0.717) is 22.1 Å². The Kier molecular flexibility index (Phi) is 6.29. The molecular weight excluding hydrogens is 456 g/mol. The number of hydrogen-bond acceptors (Lipinski definition) is 2. The molecule has 0 saturated carbocycles. The maximum atomic E-state index is 13.6. The minimum Gasteiger partial charge on any atom is -0.322 e. The number of amides is 1. The topological polar surface area (TPSA) is 51.1 Å². The molecule has 4 aromatic carbocycles. The number of carbonyl (C=O) groups excluding carboxylic acids is 1. The number of pyridine rings is 1. The normalized spacial score (nSPS) is 10.7. The number of rotatable bonds is 5. The molecule has 0 atom stereocenters. The van der Waals surface area contributed by atoms with Crippen LogP contribution in [0.15, 0.2) is 126 Å². The van der Waals surface area contributed by atoms with Crippen molar-refractivity contribution < 1.29 is 4.79 Å². The molecule has 0 radical (unpaired) electrons. The van der Waals surface area contributed by atoms with E-state index in [1.54, 1.807) is 24.3 Å². The van der Waals surface area contributed by atoms with Crippen molar-refractivity contribution in [1.29, 1.82) is 0 Å². The fourth-order valence-electron chi connectivity index (χ4n) is 4.09. The van der Waals surface area contributed by atoms with E-state index in [1.807, 2.05) is 95.6 Å². The van der Waals surface area contributed by atoms with E-state index in [9.17, 15) is 9.59 Å². The van der Waals surface area contributed by atoms with E-state index < -0.39 is 5.91 Å². The minimum atomic E-state index is -0.470. The zero-order valence-corrected chi connectivity index (χ0v) is 19.4.